The summed E-state index contributed by atoms with van der Waals surface area (Å²) in [5.74, 6) is 1.15. The fraction of sp³-hybridized carbons (Fsp3) is 0.0909. The molecule has 3 aromatic carbocycles. The van der Waals surface area contributed by atoms with Crippen LogP contribution in [0.2, 0.25) is 0 Å². The minimum atomic E-state index is -0.573. The first-order valence-corrected chi connectivity index (χ1v) is 8.49. The Morgan fingerprint density at radius 1 is 1.00 bits per heavy atom. The van der Waals surface area contributed by atoms with Gasteiger partial charge in [-0.05, 0) is 24.3 Å². The molecule has 4 aromatic rings. The highest BCUT2D eigenvalue weighted by molar-refractivity contribution is 6.12. The molecular weight excluding hydrogens is 356 g/mol. The number of rotatable bonds is 3. The quantitative estimate of drug-likeness (QED) is 0.330. The van der Waals surface area contributed by atoms with Crippen LogP contribution in [0.3, 0.4) is 0 Å². The summed E-state index contributed by atoms with van der Waals surface area (Å²) in [6, 6.07) is 16.4. The minimum Gasteiger partial charge on any atom is -0.497 e. The van der Waals surface area contributed by atoms with Crippen LogP contribution in [0.1, 0.15) is 5.56 Å². The summed E-state index contributed by atoms with van der Waals surface area (Å²) < 4.78 is 16.1. The van der Waals surface area contributed by atoms with Gasteiger partial charge in [0, 0.05) is 28.0 Å². The normalized spacial score (nSPS) is 10.8. The third-order valence-corrected chi connectivity index (χ3v) is 4.76. The third-order valence-electron chi connectivity index (χ3n) is 4.76. The minimum absolute atomic E-state index is 0.0902. The molecule has 28 heavy (non-hydrogen) atoms. The number of hydrogen-bond donors (Lipinski definition) is 1. The van der Waals surface area contributed by atoms with Crippen molar-refractivity contribution in [3.63, 3.8) is 0 Å². The second-order valence-corrected chi connectivity index (χ2v) is 6.20. The fourth-order valence-electron chi connectivity index (χ4n) is 3.42. The molecule has 0 radical (unpaired) electrons. The zero-order valence-corrected chi connectivity index (χ0v) is 15.3. The van der Waals surface area contributed by atoms with Crippen molar-refractivity contribution in [3.05, 3.63) is 64.5 Å². The molecule has 4 rings (SSSR count). The van der Waals surface area contributed by atoms with Crippen LogP contribution in [-0.2, 0) is 0 Å². The Morgan fingerprint density at radius 2 is 1.79 bits per heavy atom. The summed E-state index contributed by atoms with van der Waals surface area (Å²) in [4.78, 5) is 12.5. The molecule has 1 heterocycles. The molecular formula is C22H16N2O4. The van der Waals surface area contributed by atoms with Gasteiger partial charge in [0.1, 0.15) is 23.2 Å². The van der Waals surface area contributed by atoms with Gasteiger partial charge in [0.25, 0.3) is 0 Å². The highest BCUT2D eigenvalue weighted by Crippen LogP contribution is 2.40. The molecule has 2 N–H and O–H groups in total. The number of para-hydroxylation sites is 1. The second-order valence-electron chi connectivity index (χ2n) is 6.20. The van der Waals surface area contributed by atoms with E-state index >= 15 is 0 Å². The summed E-state index contributed by atoms with van der Waals surface area (Å²) in [5, 5.41) is 11.3. The molecule has 6 heteroatoms. The van der Waals surface area contributed by atoms with Gasteiger partial charge in [-0.2, -0.15) is 5.26 Å². The lowest BCUT2D eigenvalue weighted by Gasteiger charge is -2.15. The predicted octanol–water partition coefficient (Wildman–Crippen LogP) is 4.08. The van der Waals surface area contributed by atoms with Crippen LogP contribution in [0.15, 0.2) is 57.7 Å². The van der Waals surface area contributed by atoms with Gasteiger partial charge in [-0.3, -0.25) is 0 Å². The molecule has 0 amide bonds. The summed E-state index contributed by atoms with van der Waals surface area (Å²) in [6.45, 7) is 0. The van der Waals surface area contributed by atoms with E-state index in [1.165, 1.54) is 0 Å². The zero-order valence-electron chi connectivity index (χ0n) is 15.3. The Morgan fingerprint density at radius 3 is 2.50 bits per heavy atom. The Bertz CT molecular complexity index is 1330. The molecule has 0 bridgehead atoms. The van der Waals surface area contributed by atoms with Crippen LogP contribution in [0.4, 0.5) is 5.69 Å². The van der Waals surface area contributed by atoms with Crippen molar-refractivity contribution in [2.75, 3.05) is 20.0 Å². The maximum Gasteiger partial charge on any atom is 0.346 e. The number of nitrogens with zero attached hydrogens (tertiary/aromatic N) is 1. The monoisotopic (exact) mass is 372 g/mol. The van der Waals surface area contributed by atoms with Crippen molar-refractivity contribution in [3.8, 4) is 28.7 Å². The number of methoxy groups -OCH3 is 2. The smallest absolute Gasteiger partial charge is 0.346 e. The number of ether oxygens (including phenoxy) is 2. The van der Waals surface area contributed by atoms with E-state index in [-0.39, 0.29) is 16.6 Å². The molecule has 0 aliphatic carbocycles. The Hall–Kier alpha value is -3.98. The Balaban J connectivity index is 2.17. The highest BCUT2D eigenvalue weighted by Gasteiger charge is 2.20. The standard InChI is InChI=1S/C22H16N2O4/c1-26-12-7-8-14(19(9-12)27-2)15-10-16-13-5-3-4-6-18(13)28-22(25)20(16)21(24)17(15)11-23/h3-10H,24H2,1-2H3. The summed E-state index contributed by atoms with van der Waals surface area (Å²) in [7, 11) is 3.10. The number of fused-ring (bicyclic) bond motifs is 3. The molecule has 0 saturated carbocycles. The van der Waals surface area contributed by atoms with Crippen molar-refractivity contribution in [1.82, 2.24) is 0 Å². The van der Waals surface area contributed by atoms with Gasteiger partial charge < -0.3 is 19.6 Å². The van der Waals surface area contributed by atoms with Crippen LogP contribution in [0, 0.1) is 11.3 Å². The van der Waals surface area contributed by atoms with Gasteiger partial charge in [-0.25, -0.2) is 4.79 Å². The van der Waals surface area contributed by atoms with E-state index in [9.17, 15) is 10.1 Å². The van der Waals surface area contributed by atoms with Crippen molar-refractivity contribution in [1.29, 1.82) is 5.26 Å². The molecule has 0 atom stereocenters. The van der Waals surface area contributed by atoms with Gasteiger partial charge in [-0.1, -0.05) is 18.2 Å². The maximum atomic E-state index is 12.5. The molecule has 0 spiro atoms. The van der Waals surface area contributed by atoms with E-state index in [1.807, 2.05) is 12.1 Å². The lowest BCUT2D eigenvalue weighted by molar-refractivity contribution is 0.395. The highest BCUT2D eigenvalue weighted by atomic mass is 16.5. The van der Waals surface area contributed by atoms with Crippen molar-refractivity contribution in [2.24, 2.45) is 0 Å². The van der Waals surface area contributed by atoms with Crippen LogP contribution in [0.25, 0.3) is 32.9 Å². The average Bonchev–Trinajstić information content (AvgIpc) is 2.72. The summed E-state index contributed by atoms with van der Waals surface area (Å²) >= 11 is 0. The first-order chi connectivity index (χ1) is 13.6. The number of hydrogen-bond acceptors (Lipinski definition) is 6. The maximum absolute atomic E-state index is 12.5. The van der Waals surface area contributed by atoms with Crippen molar-refractivity contribution in [2.45, 2.75) is 0 Å². The molecule has 6 nitrogen and oxygen atoms in total. The van der Waals surface area contributed by atoms with Crippen LogP contribution >= 0.6 is 0 Å². The number of nitrogen functional groups attached to an aromatic ring is 1. The summed E-state index contributed by atoms with van der Waals surface area (Å²) in [5.41, 5.74) is 7.67. The largest absolute Gasteiger partial charge is 0.497 e. The Labute approximate surface area is 160 Å². The SMILES string of the molecule is COc1ccc(-c2cc3c(c(N)c2C#N)c(=O)oc2ccccc23)c(OC)c1. The van der Waals surface area contributed by atoms with Crippen molar-refractivity contribution >= 4 is 27.4 Å². The van der Waals surface area contributed by atoms with Gasteiger partial charge in [0.05, 0.1) is 30.9 Å². The van der Waals surface area contributed by atoms with Crippen LogP contribution in [-0.4, -0.2) is 14.2 Å². The lowest BCUT2D eigenvalue weighted by atomic mass is 9.93. The van der Waals surface area contributed by atoms with Crippen molar-refractivity contribution < 1.29 is 13.9 Å². The molecule has 0 saturated heterocycles. The predicted molar refractivity (Wildman–Crippen MR) is 108 cm³/mol. The Kier molecular flexibility index (Phi) is 4.13. The van der Waals surface area contributed by atoms with E-state index in [0.29, 0.717) is 33.6 Å². The van der Waals surface area contributed by atoms with Gasteiger partial charge in [0.15, 0.2) is 0 Å². The first kappa shape index (κ1) is 17.4. The third kappa shape index (κ3) is 2.53. The topological polar surface area (TPSA) is 98.5 Å². The average molecular weight is 372 g/mol. The van der Waals surface area contributed by atoms with E-state index < -0.39 is 5.63 Å². The van der Waals surface area contributed by atoms with Gasteiger partial charge >= 0.3 is 5.63 Å². The van der Waals surface area contributed by atoms with E-state index in [1.54, 1.807) is 50.6 Å². The molecule has 1 aromatic heterocycles. The van der Waals surface area contributed by atoms with E-state index in [2.05, 4.69) is 6.07 Å². The van der Waals surface area contributed by atoms with E-state index in [4.69, 9.17) is 19.6 Å². The molecule has 0 fully saturated rings. The number of anilines is 1. The summed E-state index contributed by atoms with van der Waals surface area (Å²) in [6.07, 6.45) is 0. The van der Waals surface area contributed by atoms with Crippen LogP contribution < -0.4 is 20.8 Å². The molecule has 0 aliphatic heterocycles. The molecule has 0 aliphatic rings. The fourth-order valence-corrected chi connectivity index (χ4v) is 3.42. The number of benzene rings is 3. The lowest BCUT2D eigenvalue weighted by Crippen LogP contribution is -2.06. The molecule has 138 valence electrons. The van der Waals surface area contributed by atoms with Crippen LogP contribution in [0.5, 0.6) is 11.5 Å². The van der Waals surface area contributed by atoms with Gasteiger partial charge in [-0.15, -0.1) is 0 Å². The number of nitriles is 1. The number of nitrogens with two attached hydrogens (primary N) is 1. The van der Waals surface area contributed by atoms with E-state index in [0.717, 1.165) is 5.39 Å². The second kappa shape index (κ2) is 6.63. The molecule has 0 unspecified atom stereocenters. The first-order valence-electron chi connectivity index (χ1n) is 8.49. The van der Waals surface area contributed by atoms with Gasteiger partial charge in [0.2, 0.25) is 0 Å². The zero-order chi connectivity index (χ0) is 19.8.